The number of hydrogen-bond donors (Lipinski definition) is 1. The molecule has 2 aliphatic carbocycles. The third kappa shape index (κ3) is 1.82. The van der Waals surface area contributed by atoms with Crippen LogP contribution < -0.4 is 5.73 Å². The largest absolute Gasteiger partial charge is 0.323 e. The Balaban J connectivity index is 1.65. The lowest BCUT2D eigenvalue weighted by Gasteiger charge is -2.24. The van der Waals surface area contributed by atoms with E-state index in [4.69, 9.17) is 5.73 Å². The lowest BCUT2D eigenvalue weighted by molar-refractivity contribution is 0.297. The topological polar surface area (TPSA) is 26.0 Å². The van der Waals surface area contributed by atoms with Crippen LogP contribution in [0.3, 0.4) is 0 Å². The molecule has 2 heteroatoms. The summed E-state index contributed by atoms with van der Waals surface area (Å²) in [6, 6.07) is 2.49. The van der Waals surface area contributed by atoms with Crippen molar-refractivity contribution in [2.45, 2.75) is 45.1 Å². The van der Waals surface area contributed by atoms with Crippen LogP contribution in [0, 0.1) is 24.7 Å². The second-order valence-electron chi connectivity index (χ2n) is 5.74. The molecule has 2 saturated carbocycles. The average Bonchev–Trinajstić information content (AvgIpc) is 2.92. The molecule has 1 aromatic heterocycles. The van der Waals surface area contributed by atoms with Gasteiger partial charge in [0.25, 0.3) is 0 Å². The zero-order chi connectivity index (χ0) is 11.1. The minimum atomic E-state index is 0.296. The zero-order valence-electron chi connectivity index (χ0n) is 9.99. The van der Waals surface area contributed by atoms with E-state index in [1.165, 1.54) is 42.5 Å². The maximum absolute atomic E-state index is 6.36. The van der Waals surface area contributed by atoms with Gasteiger partial charge in [-0.25, -0.2) is 0 Å². The van der Waals surface area contributed by atoms with Crippen LogP contribution in [0.4, 0.5) is 0 Å². The second kappa shape index (κ2) is 4.15. The molecule has 0 aromatic carbocycles. The molecule has 0 radical (unpaired) electrons. The number of aryl methyl sites for hydroxylation is 1. The van der Waals surface area contributed by atoms with Crippen LogP contribution in [0.25, 0.3) is 0 Å². The Morgan fingerprint density at radius 2 is 2.31 bits per heavy atom. The van der Waals surface area contributed by atoms with Gasteiger partial charge in [0.1, 0.15) is 0 Å². The maximum atomic E-state index is 6.36. The standard InChI is InChI=1S/C14H21NS/c1-9-4-5-16-14(9)13(15)8-12-7-10-2-3-11(12)6-10/h4-5,10-13H,2-3,6-8,15H2,1H3. The van der Waals surface area contributed by atoms with E-state index in [0.29, 0.717) is 6.04 Å². The smallest absolute Gasteiger partial charge is 0.0395 e. The zero-order valence-corrected chi connectivity index (χ0v) is 10.8. The van der Waals surface area contributed by atoms with Gasteiger partial charge in [-0.05, 0) is 67.4 Å². The molecule has 4 atom stereocenters. The first kappa shape index (κ1) is 10.8. The summed E-state index contributed by atoms with van der Waals surface area (Å²) in [6.07, 6.45) is 7.16. The predicted octanol–water partition coefficient (Wildman–Crippen LogP) is 3.88. The van der Waals surface area contributed by atoms with Crippen LogP contribution in [0.15, 0.2) is 11.4 Å². The molecule has 1 heterocycles. The van der Waals surface area contributed by atoms with Crippen LogP contribution in [0.1, 0.15) is 48.6 Å². The monoisotopic (exact) mass is 235 g/mol. The molecule has 0 spiro atoms. The van der Waals surface area contributed by atoms with Gasteiger partial charge in [-0.1, -0.05) is 6.42 Å². The van der Waals surface area contributed by atoms with E-state index in [-0.39, 0.29) is 0 Å². The van der Waals surface area contributed by atoms with E-state index in [1.807, 2.05) is 11.3 Å². The van der Waals surface area contributed by atoms with E-state index in [1.54, 1.807) is 0 Å². The molecule has 1 aromatic rings. The average molecular weight is 235 g/mol. The molecule has 2 bridgehead atoms. The van der Waals surface area contributed by atoms with Gasteiger partial charge in [0.2, 0.25) is 0 Å². The SMILES string of the molecule is Cc1ccsc1C(N)CC1CC2CCC1C2. The maximum Gasteiger partial charge on any atom is 0.0395 e. The molecule has 2 N–H and O–H groups in total. The lowest BCUT2D eigenvalue weighted by atomic mass is 9.84. The third-order valence-electron chi connectivity index (χ3n) is 4.68. The molecule has 16 heavy (non-hydrogen) atoms. The first-order valence-electron chi connectivity index (χ1n) is 6.53. The highest BCUT2D eigenvalue weighted by Gasteiger charge is 2.39. The predicted molar refractivity (Wildman–Crippen MR) is 69.5 cm³/mol. The van der Waals surface area contributed by atoms with Gasteiger partial charge in [0.15, 0.2) is 0 Å². The minimum absolute atomic E-state index is 0.296. The number of rotatable bonds is 3. The molecule has 0 amide bonds. The number of nitrogens with two attached hydrogens (primary N) is 1. The number of thiophene rings is 1. The van der Waals surface area contributed by atoms with E-state index in [2.05, 4.69) is 18.4 Å². The highest BCUT2D eigenvalue weighted by Crippen LogP contribution is 2.50. The molecular formula is C14H21NS. The summed E-state index contributed by atoms with van der Waals surface area (Å²) in [4.78, 5) is 1.42. The Hall–Kier alpha value is -0.340. The van der Waals surface area contributed by atoms with Gasteiger partial charge in [0, 0.05) is 10.9 Å². The highest BCUT2D eigenvalue weighted by atomic mass is 32.1. The quantitative estimate of drug-likeness (QED) is 0.845. The Morgan fingerprint density at radius 1 is 1.44 bits per heavy atom. The van der Waals surface area contributed by atoms with Crippen molar-refractivity contribution in [3.63, 3.8) is 0 Å². The van der Waals surface area contributed by atoms with Gasteiger partial charge in [-0.2, -0.15) is 0 Å². The van der Waals surface area contributed by atoms with Crippen LogP contribution in [0.2, 0.25) is 0 Å². The van der Waals surface area contributed by atoms with Crippen molar-refractivity contribution in [3.8, 4) is 0 Å². The normalized spacial score (nSPS) is 34.5. The molecule has 88 valence electrons. The Labute approximate surface area is 102 Å². The number of hydrogen-bond acceptors (Lipinski definition) is 2. The summed E-state index contributed by atoms with van der Waals surface area (Å²) >= 11 is 1.84. The molecule has 0 saturated heterocycles. The summed E-state index contributed by atoms with van der Waals surface area (Å²) in [5.41, 5.74) is 7.75. The Morgan fingerprint density at radius 3 is 2.88 bits per heavy atom. The van der Waals surface area contributed by atoms with Crippen molar-refractivity contribution in [1.82, 2.24) is 0 Å². The van der Waals surface area contributed by atoms with Crippen molar-refractivity contribution < 1.29 is 0 Å². The first-order chi connectivity index (χ1) is 7.74. The van der Waals surface area contributed by atoms with Crippen LogP contribution >= 0.6 is 11.3 Å². The lowest BCUT2D eigenvalue weighted by Crippen LogP contribution is -2.19. The molecule has 3 rings (SSSR count). The minimum Gasteiger partial charge on any atom is -0.323 e. The molecule has 1 nitrogen and oxygen atoms in total. The van der Waals surface area contributed by atoms with E-state index in [0.717, 1.165) is 17.8 Å². The summed E-state index contributed by atoms with van der Waals surface area (Å²) in [5, 5.41) is 2.17. The summed E-state index contributed by atoms with van der Waals surface area (Å²) in [5.74, 6) is 2.98. The van der Waals surface area contributed by atoms with Gasteiger partial charge >= 0.3 is 0 Å². The van der Waals surface area contributed by atoms with Gasteiger partial charge in [0.05, 0.1) is 0 Å². The molecule has 0 aliphatic heterocycles. The number of fused-ring (bicyclic) bond motifs is 2. The van der Waals surface area contributed by atoms with Crippen molar-refractivity contribution in [1.29, 1.82) is 0 Å². The highest BCUT2D eigenvalue weighted by molar-refractivity contribution is 7.10. The fourth-order valence-corrected chi connectivity index (χ4v) is 4.81. The fraction of sp³-hybridized carbons (Fsp3) is 0.714. The van der Waals surface area contributed by atoms with E-state index < -0.39 is 0 Å². The van der Waals surface area contributed by atoms with E-state index in [9.17, 15) is 0 Å². The molecule has 2 aliphatic rings. The van der Waals surface area contributed by atoms with Gasteiger partial charge < -0.3 is 5.73 Å². The fourth-order valence-electron chi connectivity index (χ4n) is 3.86. The van der Waals surface area contributed by atoms with Crippen molar-refractivity contribution in [3.05, 3.63) is 21.9 Å². The van der Waals surface area contributed by atoms with Gasteiger partial charge in [-0.3, -0.25) is 0 Å². The van der Waals surface area contributed by atoms with E-state index >= 15 is 0 Å². The Bertz CT molecular complexity index is 371. The van der Waals surface area contributed by atoms with Crippen molar-refractivity contribution in [2.24, 2.45) is 23.5 Å². The van der Waals surface area contributed by atoms with Crippen LogP contribution in [-0.2, 0) is 0 Å². The molecule has 4 unspecified atom stereocenters. The van der Waals surface area contributed by atoms with Crippen LogP contribution in [0.5, 0.6) is 0 Å². The van der Waals surface area contributed by atoms with Crippen molar-refractivity contribution in [2.75, 3.05) is 0 Å². The molecule has 2 fully saturated rings. The van der Waals surface area contributed by atoms with Gasteiger partial charge in [-0.15, -0.1) is 11.3 Å². The summed E-state index contributed by atoms with van der Waals surface area (Å²) < 4.78 is 0. The summed E-state index contributed by atoms with van der Waals surface area (Å²) in [6.45, 7) is 2.19. The van der Waals surface area contributed by atoms with Crippen molar-refractivity contribution >= 4 is 11.3 Å². The summed E-state index contributed by atoms with van der Waals surface area (Å²) in [7, 11) is 0. The molecular weight excluding hydrogens is 214 g/mol. The first-order valence-corrected chi connectivity index (χ1v) is 7.41. The Kier molecular flexibility index (Phi) is 2.80. The third-order valence-corrected chi connectivity index (χ3v) is 5.83. The van der Waals surface area contributed by atoms with Crippen LogP contribution in [-0.4, -0.2) is 0 Å². The second-order valence-corrected chi connectivity index (χ2v) is 6.69.